The highest BCUT2D eigenvalue weighted by atomic mass is 35.5. The van der Waals surface area contributed by atoms with Gasteiger partial charge in [0.1, 0.15) is 11.7 Å². The van der Waals surface area contributed by atoms with Crippen LogP contribution in [-0.2, 0) is 6.42 Å². The molecule has 1 aliphatic rings. The molecule has 108 valence electrons. The topological polar surface area (TPSA) is 76.3 Å². The summed E-state index contributed by atoms with van der Waals surface area (Å²) in [5.41, 5.74) is 0.969. The Kier molecular flexibility index (Phi) is 4.24. The van der Waals surface area contributed by atoms with Crippen molar-refractivity contribution in [3.05, 3.63) is 28.3 Å². The molecule has 0 aromatic heterocycles. The number of nitriles is 1. The van der Waals surface area contributed by atoms with Crippen LogP contribution in [0, 0.1) is 11.3 Å². The van der Waals surface area contributed by atoms with Crippen LogP contribution in [0.5, 0.6) is 0 Å². The van der Waals surface area contributed by atoms with Crippen LogP contribution in [0.15, 0.2) is 12.1 Å². The van der Waals surface area contributed by atoms with Crippen LogP contribution in [0.25, 0.3) is 0 Å². The van der Waals surface area contributed by atoms with Crippen molar-refractivity contribution < 1.29 is 10.2 Å². The Morgan fingerprint density at radius 2 is 2.20 bits per heavy atom. The van der Waals surface area contributed by atoms with Crippen molar-refractivity contribution in [1.29, 1.82) is 5.26 Å². The second kappa shape index (κ2) is 5.61. The van der Waals surface area contributed by atoms with E-state index >= 15 is 0 Å². The van der Waals surface area contributed by atoms with Crippen molar-refractivity contribution in [1.82, 2.24) is 0 Å². The summed E-state index contributed by atoms with van der Waals surface area (Å²) < 4.78 is 0. The van der Waals surface area contributed by atoms with Crippen LogP contribution < -0.4 is 5.32 Å². The van der Waals surface area contributed by atoms with Gasteiger partial charge in [0.05, 0.1) is 22.7 Å². The lowest BCUT2D eigenvalue weighted by atomic mass is 9.97. The summed E-state index contributed by atoms with van der Waals surface area (Å²) in [4.78, 5) is 0. The zero-order valence-electron chi connectivity index (χ0n) is 11.7. The highest BCUT2D eigenvalue weighted by molar-refractivity contribution is 6.32. The zero-order chi connectivity index (χ0) is 14.9. The molecular formula is C15H19ClN2O2. The van der Waals surface area contributed by atoms with Gasteiger partial charge in [0.15, 0.2) is 0 Å². The summed E-state index contributed by atoms with van der Waals surface area (Å²) >= 11 is 6.23. The van der Waals surface area contributed by atoms with Crippen molar-refractivity contribution >= 4 is 17.3 Å². The van der Waals surface area contributed by atoms with E-state index in [9.17, 15) is 10.2 Å². The molecular weight excluding hydrogens is 276 g/mol. The second-order valence-electron chi connectivity index (χ2n) is 5.43. The lowest BCUT2D eigenvalue weighted by Gasteiger charge is -2.30. The number of rotatable bonds is 3. The normalized spacial score (nSPS) is 29.2. The Bertz CT molecular complexity index is 552. The molecule has 3 N–H and O–H groups in total. The monoisotopic (exact) mass is 294 g/mol. The number of benzene rings is 1. The van der Waals surface area contributed by atoms with Gasteiger partial charge in [0.2, 0.25) is 0 Å². The molecule has 0 spiro atoms. The van der Waals surface area contributed by atoms with Crippen molar-refractivity contribution in [3.8, 4) is 6.07 Å². The summed E-state index contributed by atoms with van der Waals surface area (Å²) in [7, 11) is 0. The minimum Gasteiger partial charge on any atom is -0.390 e. The van der Waals surface area contributed by atoms with Gasteiger partial charge in [-0.15, -0.1) is 0 Å². The maximum atomic E-state index is 10.3. The Balaban J connectivity index is 2.31. The third-order valence-electron chi connectivity index (χ3n) is 4.16. The van der Waals surface area contributed by atoms with E-state index in [4.69, 9.17) is 16.9 Å². The first-order chi connectivity index (χ1) is 9.41. The van der Waals surface area contributed by atoms with E-state index in [1.54, 1.807) is 13.0 Å². The van der Waals surface area contributed by atoms with Crippen LogP contribution in [0.2, 0.25) is 5.02 Å². The predicted octanol–water partition coefficient (Wildman–Crippen LogP) is 2.46. The van der Waals surface area contributed by atoms with Gasteiger partial charge in [0.25, 0.3) is 0 Å². The Morgan fingerprint density at radius 3 is 2.70 bits per heavy atom. The molecule has 1 aromatic rings. The smallest absolute Gasteiger partial charge is 0.108 e. The molecule has 3 atom stereocenters. The molecule has 0 unspecified atom stereocenters. The number of hydrogen-bond acceptors (Lipinski definition) is 4. The molecule has 2 rings (SSSR count). The first kappa shape index (κ1) is 15.1. The molecule has 0 heterocycles. The molecule has 1 fully saturated rings. The third kappa shape index (κ3) is 2.49. The number of hydrogen-bond donors (Lipinski definition) is 3. The molecule has 5 heteroatoms. The molecule has 0 amide bonds. The number of anilines is 1. The van der Waals surface area contributed by atoms with Gasteiger partial charge in [-0.05, 0) is 43.9 Å². The molecule has 4 nitrogen and oxygen atoms in total. The third-order valence-corrected chi connectivity index (χ3v) is 4.59. The number of aliphatic hydroxyl groups is 2. The van der Waals surface area contributed by atoms with Gasteiger partial charge in [0, 0.05) is 5.69 Å². The minimum absolute atomic E-state index is 0.230. The molecule has 0 bridgehead atoms. The number of nitrogens with zero attached hydrogens (tertiary/aromatic N) is 1. The van der Waals surface area contributed by atoms with Gasteiger partial charge < -0.3 is 15.5 Å². The molecule has 0 saturated heterocycles. The first-order valence-electron chi connectivity index (χ1n) is 6.80. The van der Waals surface area contributed by atoms with Crippen LogP contribution >= 0.6 is 11.6 Å². The van der Waals surface area contributed by atoms with Crippen LogP contribution in [-0.4, -0.2) is 28.0 Å². The van der Waals surface area contributed by atoms with E-state index in [1.807, 2.05) is 13.0 Å². The van der Waals surface area contributed by atoms with E-state index in [-0.39, 0.29) is 6.04 Å². The summed E-state index contributed by atoms with van der Waals surface area (Å²) in [5, 5.41) is 32.9. The highest BCUT2D eigenvalue weighted by Crippen LogP contribution is 2.35. The Labute approximate surface area is 124 Å². The van der Waals surface area contributed by atoms with E-state index in [0.717, 1.165) is 11.3 Å². The summed E-state index contributed by atoms with van der Waals surface area (Å²) in [6.45, 7) is 3.61. The average molecular weight is 295 g/mol. The number of nitrogens with one attached hydrogen (secondary N) is 1. The van der Waals surface area contributed by atoms with Crippen molar-refractivity contribution in [3.63, 3.8) is 0 Å². The lowest BCUT2D eigenvalue weighted by Crippen LogP contribution is -2.46. The van der Waals surface area contributed by atoms with E-state index in [2.05, 4.69) is 11.4 Å². The summed E-state index contributed by atoms with van der Waals surface area (Å²) in [6, 6.07) is 5.32. The van der Waals surface area contributed by atoms with Gasteiger partial charge in [-0.1, -0.05) is 18.5 Å². The van der Waals surface area contributed by atoms with E-state index in [0.29, 0.717) is 29.8 Å². The molecule has 1 aliphatic carbocycles. The van der Waals surface area contributed by atoms with Crippen molar-refractivity contribution in [2.45, 2.75) is 50.9 Å². The van der Waals surface area contributed by atoms with Gasteiger partial charge in [-0.2, -0.15) is 5.26 Å². The fourth-order valence-corrected chi connectivity index (χ4v) is 3.08. The maximum absolute atomic E-state index is 10.3. The van der Waals surface area contributed by atoms with Gasteiger partial charge in [-0.3, -0.25) is 0 Å². The molecule has 1 aromatic carbocycles. The Hall–Kier alpha value is -1.28. The summed E-state index contributed by atoms with van der Waals surface area (Å²) in [6.07, 6.45) is 1.22. The SMILES string of the molecule is CCc1c(N[C@@H]2CC[C@@H](O)[C@@]2(C)O)ccc(C#N)c1Cl. The predicted molar refractivity (Wildman–Crippen MR) is 78.8 cm³/mol. The van der Waals surface area contributed by atoms with Crippen molar-refractivity contribution in [2.24, 2.45) is 0 Å². The summed E-state index contributed by atoms with van der Waals surface area (Å²) in [5.74, 6) is 0. The fraction of sp³-hybridized carbons (Fsp3) is 0.533. The number of aliphatic hydroxyl groups excluding tert-OH is 1. The van der Waals surface area contributed by atoms with Crippen LogP contribution in [0.1, 0.15) is 37.8 Å². The van der Waals surface area contributed by atoms with Crippen molar-refractivity contribution in [2.75, 3.05) is 5.32 Å². The molecule has 0 aliphatic heterocycles. The quantitative estimate of drug-likeness (QED) is 0.800. The van der Waals surface area contributed by atoms with Crippen LogP contribution in [0.4, 0.5) is 5.69 Å². The second-order valence-corrected chi connectivity index (χ2v) is 5.81. The molecule has 0 radical (unpaired) electrons. The highest BCUT2D eigenvalue weighted by Gasteiger charge is 2.44. The van der Waals surface area contributed by atoms with E-state index in [1.165, 1.54) is 0 Å². The average Bonchev–Trinajstić information content (AvgIpc) is 2.66. The standard InChI is InChI=1S/C15H19ClN2O2/c1-3-10-11(5-4-9(8-17)14(10)16)18-12-6-7-13(19)15(12,2)20/h4-5,12-13,18-20H,3,6-7H2,1-2H3/t12-,13-,15+/m1/s1. The number of halogens is 1. The van der Waals surface area contributed by atoms with Gasteiger partial charge >= 0.3 is 0 Å². The minimum atomic E-state index is -1.16. The largest absolute Gasteiger partial charge is 0.390 e. The zero-order valence-corrected chi connectivity index (χ0v) is 12.4. The molecule has 1 saturated carbocycles. The van der Waals surface area contributed by atoms with Gasteiger partial charge in [-0.25, -0.2) is 0 Å². The fourth-order valence-electron chi connectivity index (χ4n) is 2.74. The van der Waals surface area contributed by atoms with Crippen LogP contribution in [0.3, 0.4) is 0 Å². The lowest BCUT2D eigenvalue weighted by molar-refractivity contribution is -0.0438. The maximum Gasteiger partial charge on any atom is 0.108 e. The first-order valence-corrected chi connectivity index (χ1v) is 7.18. The molecule has 20 heavy (non-hydrogen) atoms. The van der Waals surface area contributed by atoms with E-state index < -0.39 is 11.7 Å². The Morgan fingerprint density at radius 1 is 1.50 bits per heavy atom.